The number of allylic oxidation sites excluding steroid dienone is 2. The Morgan fingerprint density at radius 3 is 2.54 bits per heavy atom. The first-order valence-corrected chi connectivity index (χ1v) is 15.3. The van der Waals surface area contributed by atoms with Gasteiger partial charge < -0.3 is 26.0 Å². The van der Waals surface area contributed by atoms with Gasteiger partial charge in [0.05, 0.1) is 18.8 Å². The zero-order valence-electron chi connectivity index (χ0n) is 24.0. The number of hydrogen-bond donors (Lipinski definition) is 3. The first kappa shape index (κ1) is 31.0. The van der Waals surface area contributed by atoms with Gasteiger partial charge in [0, 0.05) is 13.0 Å². The summed E-state index contributed by atoms with van der Waals surface area (Å²) < 4.78 is 12.7. The molecule has 218 valence electrons. The molecule has 0 heterocycles. The summed E-state index contributed by atoms with van der Waals surface area (Å²) in [5.74, 6) is 1.25. The second-order valence-electron chi connectivity index (χ2n) is 11.4. The molecule has 39 heavy (non-hydrogen) atoms. The van der Waals surface area contributed by atoms with Crippen LogP contribution in [0.5, 0.6) is 11.5 Å². The number of carbonyl (C=O) groups excluding carboxylic acids is 1. The van der Waals surface area contributed by atoms with Crippen molar-refractivity contribution in [2.24, 2.45) is 22.4 Å². The highest BCUT2D eigenvalue weighted by Crippen LogP contribution is 2.37. The Kier molecular flexibility index (Phi) is 13.7. The van der Waals surface area contributed by atoms with Crippen LogP contribution in [0.25, 0.3) is 0 Å². The van der Waals surface area contributed by atoms with Gasteiger partial charge in [-0.25, -0.2) is 0 Å². The average molecular weight is 542 g/mol. The zero-order chi connectivity index (χ0) is 27.9. The van der Waals surface area contributed by atoms with Crippen molar-refractivity contribution in [2.75, 3.05) is 13.2 Å². The van der Waals surface area contributed by atoms with Crippen molar-refractivity contribution < 1.29 is 19.4 Å². The first-order chi connectivity index (χ1) is 18.9. The average Bonchev–Trinajstić information content (AvgIpc) is 3.44. The number of carbonyl (C=O) groups is 1. The van der Waals surface area contributed by atoms with E-state index in [0.717, 1.165) is 75.3 Å². The van der Waals surface area contributed by atoms with Crippen LogP contribution in [-0.4, -0.2) is 42.2 Å². The summed E-state index contributed by atoms with van der Waals surface area (Å²) in [6.07, 6.45) is 19.9. The second-order valence-corrected chi connectivity index (χ2v) is 11.4. The molecule has 2 aliphatic carbocycles. The summed E-state index contributed by atoms with van der Waals surface area (Å²) in [6, 6.07) is 4.00. The summed E-state index contributed by atoms with van der Waals surface area (Å²) >= 11 is 0. The number of nitrogens with two attached hydrogens (primary N) is 2. The number of aromatic hydroxyl groups is 1. The number of hydrogen-bond acceptors (Lipinski definition) is 5. The van der Waals surface area contributed by atoms with Gasteiger partial charge in [0.15, 0.2) is 23.2 Å². The molecule has 0 aliphatic heterocycles. The maximum atomic E-state index is 12.4. The monoisotopic (exact) mass is 541 g/mol. The van der Waals surface area contributed by atoms with Crippen LogP contribution in [0.2, 0.25) is 0 Å². The molecular formula is C32H51N3O4. The van der Waals surface area contributed by atoms with E-state index >= 15 is 0 Å². The maximum Gasteiger partial charge on any atom is 0.185 e. The molecular weight excluding hydrogens is 490 g/mol. The number of unbranched alkanes of at least 4 members (excludes halogenated alkanes) is 1. The minimum atomic E-state index is 0.114. The van der Waals surface area contributed by atoms with Gasteiger partial charge in [-0.3, -0.25) is 9.79 Å². The maximum absolute atomic E-state index is 12.4. The van der Waals surface area contributed by atoms with Gasteiger partial charge in [-0.15, -0.1) is 0 Å². The van der Waals surface area contributed by atoms with Crippen LogP contribution in [0.4, 0.5) is 0 Å². The lowest BCUT2D eigenvalue weighted by Crippen LogP contribution is -2.24. The molecule has 0 spiro atoms. The van der Waals surface area contributed by atoms with Crippen molar-refractivity contribution in [1.29, 1.82) is 0 Å². The van der Waals surface area contributed by atoms with Crippen molar-refractivity contribution >= 4 is 11.7 Å². The van der Waals surface area contributed by atoms with Gasteiger partial charge in [0.1, 0.15) is 0 Å². The molecule has 7 heteroatoms. The number of ketones is 1. The Morgan fingerprint density at radius 1 is 1.10 bits per heavy atom. The van der Waals surface area contributed by atoms with E-state index in [1.54, 1.807) is 6.08 Å². The highest BCUT2D eigenvalue weighted by atomic mass is 16.5. The lowest BCUT2D eigenvalue weighted by Gasteiger charge is -2.26. The van der Waals surface area contributed by atoms with Gasteiger partial charge in [0.25, 0.3) is 0 Å². The smallest absolute Gasteiger partial charge is 0.185 e. The van der Waals surface area contributed by atoms with Crippen LogP contribution in [-0.2, 0) is 22.4 Å². The van der Waals surface area contributed by atoms with Crippen molar-refractivity contribution in [3.05, 3.63) is 35.4 Å². The standard InChI is InChI=1S/C32H51N3O4/c1-2-3-5-12-27(36)18-17-24-20-26(31(37)30(22-24)39-29-15-8-9-16-29)21-25(11-10-19-35-32(33)34)23-38-28-13-6-4-7-14-28/h5,12,20,22,25,28-29,37H,2-4,6-11,13-19,21,23H2,1H3,(H4,33,34,35)/t25-/m0/s1. The third-order valence-corrected chi connectivity index (χ3v) is 7.92. The van der Waals surface area contributed by atoms with Gasteiger partial charge in [-0.05, 0) is 99.8 Å². The van der Waals surface area contributed by atoms with Crippen molar-refractivity contribution in [2.45, 2.75) is 122 Å². The Balaban J connectivity index is 1.75. The van der Waals surface area contributed by atoms with E-state index in [1.807, 2.05) is 12.1 Å². The number of phenols is 1. The molecule has 7 nitrogen and oxygen atoms in total. The molecule has 2 aliphatic rings. The normalized spacial score (nSPS) is 17.5. The molecule has 2 saturated carbocycles. The van der Waals surface area contributed by atoms with Gasteiger partial charge >= 0.3 is 0 Å². The lowest BCUT2D eigenvalue weighted by molar-refractivity contribution is -0.114. The van der Waals surface area contributed by atoms with E-state index in [9.17, 15) is 9.90 Å². The highest BCUT2D eigenvalue weighted by molar-refractivity contribution is 5.89. The minimum Gasteiger partial charge on any atom is -0.504 e. The highest BCUT2D eigenvalue weighted by Gasteiger charge is 2.23. The first-order valence-electron chi connectivity index (χ1n) is 15.3. The Morgan fingerprint density at radius 2 is 1.82 bits per heavy atom. The fourth-order valence-electron chi connectivity index (χ4n) is 5.68. The predicted molar refractivity (Wildman–Crippen MR) is 158 cm³/mol. The number of nitrogens with zero attached hydrogens (tertiary/aromatic N) is 1. The largest absolute Gasteiger partial charge is 0.504 e. The zero-order valence-corrected chi connectivity index (χ0v) is 24.0. The molecule has 1 aromatic carbocycles. The molecule has 0 bridgehead atoms. The molecule has 1 atom stereocenters. The number of phenolic OH excluding ortho intramolecular Hbond substituents is 1. The van der Waals surface area contributed by atoms with E-state index in [1.165, 1.54) is 19.3 Å². The van der Waals surface area contributed by atoms with Crippen molar-refractivity contribution in [3.63, 3.8) is 0 Å². The van der Waals surface area contributed by atoms with Crippen LogP contribution < -0.4 is 16.2 Å². The summed E-state index contributed by atoms with van der Waals surface area (Å²) in [7, 11) is 0. The molecule has 0 saturated heterocycles. The number of guanidine groups is 1. The number of aliphatic imine (C=N–C) groups is 1. The molecule has 0 radical (unpaired) electrons. The van der Waals surface area contributed by atoms with Gasteiger partial charge in [-0.1, -0.05) is 44.7 Å². The molecule has 3 rings (SSSR count). The molecule has 1 aromatic rings. The summed E-state index contributed by atoms with van der Waals surface area (Å²) in [6.45, 7) is 3.33. The molecule has 0 aromatic heterocycles. The van der Waals surface area contributed by atoms with Crippen LogP contribution in [0.15, 0.2) is 29.3 Å². The molecule has 2 fully saturated rings. The summed E-state index contributed by atoms with van der Waals surface area (Å²) in [4.78, 5) is 16.6. The Labute approximate surface area is 235 Å². The lowest BCUT2D eigenvalue weighted by atomic mass is 9.92. The third-order valence-electron chi connectivity index (χ3n) is 7.92. The predicted octanol–water partition coefficient (Wildman–Crippen LogP) is 6.13. The van der Waals surface area contributed by atoms with Gasteiger partial charge in [-0.2, -0.15) is 0 Å². The van der Waals surface area contributed by atoms with Crippen LogP contribution in [0.1, 0.15) is 108 Å². The number of benzene rings is 1. The van der Waals surface area contributed by atoms with E-state index in [-0.39, 0.29) is 29.5 Å². The van der Waals surface area contributed by atoms with Crippen LogP contribution >= 0.6 is 0 Å². The minimum absolute atomic E-state index is 0.114. The van der Waals surface area contributed by atoms with E-state index < -0.39 is 0 Å². The number of rotatable bonds is 17. The fourth-order valence-corrected chi connectivity index (χ4v) is 5.68. The van der Waals surface area contributed by atoms with Gasteiger partial charge in [0.2, 0.25) is 0 Å². The SMILES string of the molecule is CCCC=CC(=O)CCc1cc(C[C@H](CCCN=C(N)N)COC2CCCCC2)c(O)c(OC2CCCC2)c1. The third kappa shape index (κ3) is 11.6. The number of ether oxygens (including phenoxy) is 2. The Bertz CT molecular complexity index is 930. The van der Waals surface area contributed by atoms with Crippen LogP contribution in [0, 0.1) is 5.92 Å². The van der Waals surface area contributed by atoms with Crippen LogP contribution in [0.3, 0.4) is 0 Å². The molecule has 0 amide bonds. The molecule has 5 N–H and O–H groups in total. The van der Waals surface area contributed by atoms with E-state index in [4.69, 9.17) is 20.9 Å². The quantitative estimate of drug-likeness (QED) is 0.0944. The fraction of sp³-hybridized carbons (Fsp3) is 0.688. The summed E-state index contributed by atoms with van der Waals surface area (Å²) in [5.41, 5.74) is 12.9. The van der Waals surface area contributed by atoms with Crippen molar-refractivity contribution in [3.8, 4) is 11.5 Å². The van der Waals surface area contributed by atoms with E-state index in [2.05, 4.69) is 18.0 Å². The van der Waals surface area contributed by atoms with E-state index in [0.29, 0.717) is 44.3 Å². The number of aryl methyl sites for hydroxylation is 1. The second kappa shape index (κ2) is 17.2. The summed E-state index contributed by atoms with van der Waals surface area (Å²) in [5, 5.41) is 11.3. The van der Waals surface area contributed by atoms with Crippen molar-refractivity contribution in [1.82, 2.24) is 0 Å². The topological polar surface area (TPSA) is 120 Å². The molecule has 0 unspecified atom stereocenters. The Hall–Kier alpha value is -2.54.